The maximum Gasteiger partial charge on any atom is 0.329 e. The van der Waals surface area contributed by atoms with Gasteiger partial charge in [-0.15, -0.1) is 0 Å². The number of rotatable bonds is 4. The lowest BCUT2D eigenvalue weighted by molar-refractivity contribution is -0.130. The van der Waals surface area contributed by atoms with Crippen molar-refractivity contribution in [2.24, 2.45) is 13.0 Å². The number of hydrogen-bond donors (Lipinski definition) is 3. The molecule has 218 valence electrons. The van der Waals surface area contributed by atoms with Gasteiger partial charge in [-0.25, -0.2) is 4.79 Å². The van der Waals surface area contributed by atoms with Crippen LogP contribution in [-0.4, -0.2) is 53.2 Å². The van der Waals surface area contributed by atoms with Crippen LogP contribution in [0.15, 0.2) is 45.1 Å². The van der Waals surface area contributed by atoms with Crippen LogP contribution in [-0.2, 0) is 11.8 Å². The van der Waals surface area contributed by atoms with Gasteiger partial charge >= 0.3 is 5.69 Å². The Bertz CT molecular complexity index is 1880. The number of benzene rings is 2. The Kier molecular flexibility index (Phi) is 6.15. The fraction of sp³-hybridized carbons (Fsp3) is 0.310. The molecule has 3 N–H and O–H groups in total. The van der Waals surface area contributed by atoms with E-state index < -0.39 is 40.3 Å². The van der Waals surface area contributed by atoms with Crippen molar-refractivity contribution in [2.75, 3.05) is 26.6 Å². The van der Waals surface area contributed by atoms with Crippen LogP contribution in [0.5, 0.6) is 28.7 Å². The minimum Gasteiger partial charge on any atom is -0.504 e. The topological polar surface area (TPSA) is 158 Å². The molecule has 3 aliphatic rings. The third-order valence-corrected chi connectivity index (χ3v) is 8.63. The zero-order chi connectivity index (χ0) is 30.2. The number of fused-ring (bicyclic) bond motifs is 2. The molecule has 3 unspecified atom stereocenters. The van der Waals surface area contributed by atoms with Gasteiger partial charge in [-0.2, -0.15) is 0 Å². The summed E-state index contributed by atoms with van der Waals surface area (Å²) in [6, 6.07) is 5.87. The number of aromatic nitrogens is 2. The number of aromatic amines is 1. The van der Waals surface area contributed by atoms with E-state index in [-0.39, 0.29) is 62.7 Å². The van der Waals surface area contributed by atoms with Crippen molar-refractivity contribution in [3.63, 3.8) is 0 Å². The van der Waals surface area contributed by atoms with E-state index in [1.807, 2.05) is 0 Å². The highest BCUT2D eigenvalue weighted by Gasteiger charge is 2.63. The molecule has 42 heavy (non-hydrogen) atoms. The summed E-state index contributed by atoms with van der Waals surface area (Å²) in [4.78, 5) is 57.3. The van der Waals surface area contributed by atoms with Gasteiger partial charge in [-0.1, -0.05) is 24.6 Å². The summed E-state index contributed by atoms with van der Waals surface area (Å²) in [5.41, 5.74) is -2.39. The summed E-state index contributed by atoms with van der Waals surface area (Å²) < 4.78 is 23.6. The van der Waals surface area contributed by atoms with Gasteiger partial charge in [0.25, 0.3) is 5.56 Å². The Morgan fingerprint density at radius 2 is 1.71 bits per heavy atom. The van der Waals surface area contributed by atoms with Crippen molar-refractivity contribution in [2.45, 2.75) is 24.9 Å². The van der Waals surface area contributed by atoms with Gasteiger partial charge < -0.3 is 29.4 Å². The van der Waals surface area contributed by atoms with E-state index in [2.05, 4.69) is 10.3 Å². The number of allylic oxidation sites excluding steroid dienone is 1. The molecule has 3 heterocycles. The average molecular weight is 596 g/mol. The van der Waals surface area contributed by atoms with Crippen LogP contribution in [0.1, 0.15) is 40.7 Å². The minimum absolute atomic E-state index is 0.0108. The predicted molar refractivity (Wildman–Crippen MR) is 150 cm³/mol. The first-order valence-electron chi connectivity index (χ1n) is 12.9. The molecule has 2 aromatic carbocycles. The molecular formula is C29H26ClN3O9. The second-order valence-corrected chi connectivity index (χ2v) is 10.7. The highest BCUT2D eigenvalue weighted by molar-refractivity contribution is 6.36. The van der Waals surface area contributed by atoms with Crippen molar-refractivity contribution in [1.29, 1.82) is 0 Å². The summed E-state index contributed by atoms with van der Waals surface area (Å²) in [6.45, 7) is 1.70. The molecule has 2 aliphatic heterocycles. The van der Waals surface area contributed by atoms with E-state index >= 15 is 0 Å². The van der Waals surface area contributed by atoms with Gasteiger partial charge in [0, 0.05) is 36.2 Å². The van der Waals surface area contributed by atoms with Gasteiger partial charge in [-0.3, -0.25) is 23.9 Å². The van der Waals surface area contributed by atoms with Gasteiger partial charge in [0.1, 0.15) is 27.9 Å². The number of carbonyl (C=O) groups excluding carboxylic acids is 2. The number of phenolic OH excluding ortho intramolecular Hbond substituents is 1. The molecule has 13 heteroatoms. The van der Waals surface area contributed by atoms with Crippen molar-refractivity contribution < 1.29 is 33.6 Å². The number of carbonyl (C=O) groups is 2. The van der Waals surface area contributed by atoms with Crippen LogP contribution >= 0.6 is 11.6 Å². The van der Waals surface area contributed by atoms with Crippen molar-refractivity contribution >= 4 is 29.0 Å². The maximum absolute atomic E-state index is 14.8. The molecule has 6 rings (SSSR count). The highest BCUT2D eigenvalue weighted by Crippen LogP contribution is 2.56. The van der Waals surface area contributed by atoms with E-state index in [1.165, 1.54) is 51.1 Å². The molecule has 1 aromatic heterocycles. The van der Waals surface area contributed by atoms with Gasteiger partial charge in [-0.05, 0) is 24.1 Å². The van der Waals surface area contributed by atoms with Crippen LogP contribution in [0.3, 0.4) is 0 Å². The van der Waals surface area contributed by atoms with Crippen LogP contribution in [0.25, 0.3) is 0 Å². The van der Waals surface area contributed by atoms with Crippen LogP contribution in [0, 0.1) is 5.92 Å². The fourth-order valence-corrected chi connectivity index (χ4v) is 6.44. The Hall–Kier alpha value is -4.71. The quantitative estimate of drug-likeness (QED) is 0.383. The third-order valence-electron chi connectivity index (χ3n) is 8.27. The molecular weight excluding hydrogens is 570 g/mol. The zero-order valence-corrected chi connectivity index (χ0v) is 24.0. The molecule has 3 atom stereocenters. The van der Waals surface area contributed by atoms with Crippen LogP contribution < -0.4 is 35.5 Å². The van der Waals surface area contributed by atoms with E-state index in [0.717, 1.165) is 0 Å². The lowest BCUT2D eigenvalue weighted by Crippen LogP contribution is -2.58. The number of Topliss-reactive ketones (excluding diaryl/α,β-unsaturated/α-hetero) is 2. The smallest absolute Gasteiger partial charge is 0.329 e. The summed E-state index contributed by atoms with van der Waals surface area (Å²) in [5, 5.41) is 13.4. The molecule has 1 aliphatic carbocycles. The third kappa shape index (κ3) is 3.47. The van der Waals surface area contributed by atoms with Gasteiger partial charge in [0.2, 0.25) is 17.2 Å². The second-order valence-electron chi connectivity index (χ2n) is 10.4. The molecule has 0 saturated heterocycles. The van der Waals surface area contributed by atoms with Crippen molar-refractivity contribution in [3.05, 3.63) is 78.1 Å². The van der Waals surface area contributed by atoms with Gasteiger partial charge in [0.15, 0.2) is 17.2 Å². The van der Waals surface area contributed by atoms with Gasteiger partial charge in [0.05, 0.1) is 26.9 Å². The highest BCUT2D eigenvalue weighted by atomic mass is 35.5. The molecule has 0 amide bonds. The summed E-state index contributed by atoms with van der Waals surface area (Å²) >= 11 is 6.57. The molecule has 0 fully saturated rings. The summed E-state index contributed by atoms with van der Waals surface area (Å²) in [7, 11) is 5.63. The number of ketones is 2. The summed E-state index contributed by atoms with van der Waals surface area (Å²) in [6.07, 6.45) is 0.143. The number of aromatic hydroxyl groups is 1. The Labute approximate surface area is 243 Å². The maximum atomic E-state index is 14.8. The number of hydrogen-bond acceptors (Lipinski definition) is 10. The number of halogens is 1. The fourth-order valence-electron chi connectivity index (χ4n) is 6.17. The van der Waals surface area contributed by atoms with Crippen LogP contribution in [0.2, 0.25) is 5.02 Å². The van der Waals surface area contributed by atoms with E-state index in [9.17, 15) is 24.3 Å². The molecule has 1 spiro atoms. The van der Waals surface area contributed by atoms with Crippen LogP contribution in [0.4, 0.5) is 5.82 Å². The first-order valence-corrected chi connectivity index (χ1v) is 13.3. The average Bonchev–Trinajstić information content (AvgIpc) is 3.29. The number of nitrogens with zero attached hydrogens (tertiary/aromatic N) is 1. The molecule has 0 bridgehead atoms. The van der Waals surface area contributed by atoms with Crippen molar-refractivity contribution in [3.8, 4) is 28.7 Å². The Balaban J connectivity index is 1.61. The standard InChI is InChI=1S/C29H26ClN3O9/c1-11-8-13-19(24(35)29(11)25(36)20-16(40-4)10-17(41-5)22(30)23(20)42-29)18(12-6-7-14(34)15(9-12)39-3)21-26(31-13)33(2)28(38)32-27(21)37/h6-7,9-11,18,31,34H,8H2,1-5H3,(H,32,37,38). The predicted octanol–water partition coefficient (Wildman–Crippen LogP) is 2.89. The monoisotopic (exact) mass is 595 g/mol. The molecule has 12 nitrogen and oxygen atoms in total. The number of anilines is 1. The van der Waals surface area contributed by atoms with E-state index in [4.69, 9.17) is 30.5 Å². The largest absolute Gasteiger partial charge is 0.504 e. The number of nitrogens with one attached hydrogen (secondary N) is 2. The molecule has 0 saturated carbocycles. The number of phenols is 1. The lowest BCUT2D eigenvalue weighted by atomic mass is 9.66. The second kappa shape index (κ2) is 9.41. The Morgan fingerprint density at radius 1 is 1.02 bits per heavy atom. The molecule has 0 radical (unpaired) electrons. The number of methoxy groups -OCH3 is 3. The lowest BCUT2D eigenvalue weighted by Gasteiger charge is -2.42. The number of ether oxygens (including phenoxy) is 4. The Morgan fingerprint density at radius 3 is 2.38 bits per heavy atom. The first kappa shape index (κ1) is 27.5. The first-order chi connectivity index (χ1) is 20.0. The normalized spacial score (nSPS) is 22.2. The minimum atomic E-state index is -2.03. The van der Waals surface area contributed by atoms with E-state index in [0.29, 0.717) is 11.3 Å². The van der Waals surface area contributed by atoms with E-state index in [1.54, 1.807) is 13.0 Å². The number of H-pyrrole nitrogens is 1. The van der Waals surface area contributed by atoms with Crippen molar-refractivity contribution in [1.82, 2.24) is 9.55 Å². The summed E-state index contributed by atoms with van der Waals surface area (Å²) in [5.74, 6) is -2.65. The SMILES string of the molecule is COc1cc(C2C3=C(CC(C)C4(Oc5c(Cl)c(OC)cc(OC)c5C4=O)C3=O)Nc3c2c(=O)[nH]c(=O)n3C)ccc1O. The molecule has 3 aromatic rings. The zero-order valence-electron chi connectivity index (χ0n) is 23.2.